The third-order valence-corrected chi connectivity index (χ3v) is 5.70. The van der Waals surface area contributed by atoms with Crippen molar-refractivity contribution in [2.24, 2.45) is 0 Å². The van der Waals surface area contributed by atoms with Crippen molar-refractivity contribution < 1.29 is 12.8 Å². The molecule has 0 amide bonds. The maximum atomic E-state index is 12.5. The molecule has 0 unspecified atom stereocenters. The van der Waals surface area contributed by atoms with Crippen molar-refractivity contribution in [1.82, 2.24) is 19.4 Å². The lowest BCUT2D eigenvalue weighted by molar-refractivity contribution is 0.171. The summed E-state index contributed by atoms with van der Waals surface area (Å²) in [5, 5.41) is 6.47. The number of hydrogen-bond donors (Lipinski definition) is 1. The van der Waals surface area contributed by atoms with Crippen molar-refractivity contribution in [2.75, 3.05) is 26.2 Å². The number of aromatic amines is 1. The molecule has 0 radical (unpaired) electrons. The van der Waals surface area contributed by atoms with Gasteiger partial charge in [-0.15, -0.1) is 0 Å². The molecule has 3 heterocycles. The number of piperazine rings is 1. The Kier molecular flexibility index (Phi) is 3.83. The van der Waals surface area contributed by atoms with E-state index in [9.17, 15) is 8.42 Å². The van der Waals surface area contributed by atoms with E-state index in [0.29, 0.717) is 38.4 Å². The highest BCUT2D eigenvalue weighted by Gasteiger charge is 2.30. The second kappa shape index (κ2) is 5.63. The van der Waals surface area contributed by atoms with E-state index in [-0.39, 0.29) is 4.90 Å². The topological polar surface area (TPSA) is 82.4 Å². The van der Waals surface area contributed by atoms with Crippen LogP contribution in [0.2, 0.25) is 0 Å². The summed E-state index contributed by atoms with van der Waals surface area (Å²) in [6.45, 7) is 4.77. The van der Waals surface area contributed by atoms with Crippen LogP contribution in [0.25, 0.3) is 0 Å². The van der Waals surface area contributed by atoms with E-state index in [1.165, 1.54) is 10.5 Å². The molecule has 7 nitrogen and oxygen atoms in total. The van der Waals surface area contributed by atoms with Crippen molar-refractivity contribution in [3.8, 4) is 0 Å². The summed E-state index contributed by atoms with van der Waals surface area (Å²) in [4.78, 5) is 2.45. The lowest BCUT2D eigenvalue weighted by Crippen LogP contribution is -2.48. The van der Waals surface area contributed by atoms with E-state index in [0.717, 1.165) is 5.76 Å². The number of aryl methyl sites for hydroxylation is 1. The lowest BCUT2D eigenvalue weighted by atomic mass is 10.3. The standard InChI is InChI=1S/C13H18N4O3S/c1-11-13(9-14-15-11)21(18,19)17-6-4-16(5-7-17)10-12-3-2-8-20-12/h2-3,8-9H,4-7,10H2,1H3,(H,14,15). The van der Waals surface area contributed by atoms with Crippen LogP contribution in [0, 0.1) is 6.92 Å². The predicted molar refractivity (Wildman–Crippen MR) is 76.1 cm³/mol. The number of furan rings is 1. The van der Waals surface area contributed by atoms with Gasteiger partial charge in [-0.3, -0.25) is 10.00 Å². The number of nitrogens with zero attached hydrogens (tertiary/aromatic N) is 3. The summed E-state index contributed by atoms with van der Waals surface area (Å²) in [6, 6.07) is 3.79. The maximum absolute atomic E-state index is 12.5. The zero-order valence-corrected chi connectivity index (χ0v) is 12.6. The van der Waals surface area contributed by atoms with Gasteiger partial charge in [0.15, 0.2) is 0 Å². The normalized spacial score (nSPS) is 18.1. The summed E-state index contributed by atoms with van der Waals surface area (Å²) in [7, 11) is -3.45. The van der Waals surface area contributed by atoms with Crippen LogP contribution in [-0.4, -0.2) is 54.0 Å². The second-order valence-electron chi connectivity index (χ2n) is 5.12. The Balaban J connectivity index is 1.64. The Labute approximate surface area is 123 Å². The second-order valence-corrected chi connectivity index (χ2v) is 7.03. The average Bonchev–Trinajstić information content (AvgIpc) is 3.11. The van der Waals surface area contributed by atoms with Gasteiger partial charge in [-0.2, -0.15) is 9.40 Å². The molecule has 1 saturated heterocycles. The highest BCUT2D eigenvalue weighted by Crippen LogP contribution is 2.19. The van der Waals surface area contributed by atoms with Gasteiger partial charge in [0, 0.05) is 26.2 Å². The van der Waals surface area contributed by atoms with E-state index in [1.807, 2.05) is 12.1 Å². The molecule has 21 heavy (non-hydrogen) atoms. The van der Waals surface area contributed by atoms with Gasteiger partial charge in [0.2, 0.25) is 10.0 Å². The van der Waals surface area contributed by atoms with E-state index < -0.39 is 10.0 Å². The van der Waals surface area contributed by atoms with Crippen molar-refractivity contribution in [3.63, 3.8) is 0 Å². The van der Waals surface area contributed by atoms with Crippen molar-refractivity contribution in [2.45, 2.75) is 18.4 Å². The van der Waals surface area contributed by atoms with Gasteiger partial charge >= 0.3 is 0 Å². The molecule has 0 aliphatic carbocycles. The average molecular weight is 310 g/mol. The van der Waals surface area contributed by atoms with E-state index in [4.69, 9.17) is 4.42 Å². The van der Waals surface area contributed by atoms with Crippen LogP contribution in [0.1, 0.15) is 11.5 Å². The Bertz CT molecular complexity index is 685. The number of aromatic nitrogens is 2. The van der Waals surface area contributed by atoms with Gasteiger partial charge in [0.05, 0.1) is 24.7 Å². The van der Waals surface area contributed by atoms with Crippen LogP contribution in [0.15, 0.2) is 33.9 Å². The molecular formula is C13H18N4O3S. The number of H-pyrrole nitrogens is 1. The first-order valence-electron chi connectivity index (χ1n) is 6.82. The Morgan fingerprint density at radius 3 is 2.67 bits per heavy atom. The van der Waals surface area contributed by atoms with Gasteiger partial charge in [0.25, 0.3) is 0 Å². The summed E-state index contributed by atoms with van der Waals surface area (Å²) < 4.78 is 31.9. The smallest absolute Gasteiger partial charge is 0.246 e. The van der Waals surface area contributed by atoms with Gasteiger partial charge in [0.1, 0.15) is 10.7 Å². The molecule has 8 heteroatoms. The van der Waals surface area contributed by atoms with Crippen molar-refractivity contribution >= 4 is 10.0 Å². The molecule has 2 aromatic rings. The first-order valence-corrected chi connectivity index (χ1v) is 8.26. The number of nitrogens with one attached hydrogen (secondary N) is 1. The number of hydrogen-bond acceptors (Lipinski definition) is 5. The Morgan fingerprint density at radius 2 is 2.10 bits per heavy atom. The van der Waals surface area contributed by atoms with Crippen LogP contribution in [0.5, 0.6) is 0 Å². The molecule has 1 fully saturated rings. The fourth-order valence-electron chi connectivity index (χ4n) is 2.49. The Hall–Kier alpha value is -1.64. The summed E-state index contributed by atoms with van der Waals surface area (Å²) in [5.74, 6) is 0.900. The molecule has 0 spiro atoms. The van der Waals surface area contributed by atoms with Gasteiger partial charge in [-0.1, -0.05) is 0 Å². The highest BCUT2D eigenvalue weighted by atomic mass is 32.2. The van der Waals surface area contributed by atoms with E-state index in [2.05, 4.69) is 15.1 Å². The van der Waals surface area contributed by atoms with Crippen LogP contribution in [0.3, 0.4) is 0 Å². The highest BCUT2D eigenvalue weighted by molar-refractivity contribution is 7.89. The predicted octanol–water partition coefficient (Wildman–Crippen LogP) is 0.818. The molecule has 1 N–H and O–H groups in total. The lowest BCUT2D eigenvalue weighted by Gasteiger charge is -2.33. The quantitative estimate of drug-likeness (QED) is 0.904. The number of rotatable bonds is 4. The minimum Gasteiger partial charge on any atom is -0.468 e. The van der Waals surface area contributed by atoms with Crippen LogP contribution in [-0.2, 0) is 16.6 Å². The minimum absolute atomic E-state index is 0.266. The Morgan fingerprint density at radius 1 is 1.33 bits per heavy atom. The van der Waals surface area contributed by atoms with Crippen LogP contribution in [0.4, 0.5) is 0 Å². The molecule has 3 rings (SSSR count). The molecule has 0 atom stereocenters. The monoisotopic (exact) mass is 310 g/mol. The van der Waals surface area contributed by atoms with Gasteiger partial charge < -0.3 is 4.42 Å². The zero-order valence-electron chi connectivity index (χ0n) is 11.8. The molecule has 0 bridgehead atoms. The van der Waals surface area contributed by atoms with Gasteiger partial charge in [-0.25, -0.2) is 8.42 Å². The third kappa shape index (κ3) is 2.87. The number of sulfonamides is 1. The first kappa shape index (κ1) is 14.3. The molecular weight excluding hydrogens is 292 g/mol. The summed E-state index contributed by atoms with van der Waals surface area (Å²) in [5.41, 5.74) is 0.577. The molecule has 0 saturated carbocycles. The SMILES string of the molecule is Cc1[nH]ncc1S(=O)(=O)N1CCN(Cc2ccco2)CC1. The fourth-order valence-corrected chi connectivity index (χ4v) is 4.03. The molecule has 114 valence electrons. The molecule has 1 aliphatic heterocycles. The fraction of sp³-hybridized carbons (Fsp3) is 0.462. The summed E-state index contributed by atoms with van der Waals surface area (Å²) >= 11 is 0. The van der Waals surface area contributed by atoms with Crippen LogP contribution >= 0.6 is 0 Å². The van der Waals surface area contributed by atoms with E-state index in [1.54, 1.807) is 13.2 Å². The molecule has 0 aromatic carbocycles. The largest absolute Gasteiger partial charge is 0.468 e. The zero-order chi connectivity index (χ0) is 14.9. The van der Waals surface area contributed by atoms with Crippen LogP contribution < -0.4 is 0 Å². The third-order valence-electron chi connectivity index (χ3n) is 3.69. The van der Waals surface area contributed by atoms with Gasteiger partial charge in [-0.05, 0) is 19.1 Å². The first-order chi connectivity index (χ1) is 10.1. The van der Waals surface area contributed by atoms with Crippen molar-refractivity contribution in [1.29, 1.82) is 0 Å². The molecule has 1 aliphatic rings. The molecule has 2 aromatic heterocycles. The summed E-state index contributed by atoms with van der Waals surface area (Å²) in [6.07, 6.45) is 3.03. The maximum Gasteiger partial charge on any atom is 0.246 e. The van der Waals surface area contributed by atoms with Crippen molar-refractivity contribution in [3.05, 3.63) is 36.0 Å². The minimum atomic E-state index is -3.45. The van der Waals surface area contributed by atoms with E-state index >= 15 is 0 Å².